The molecule has 1 fully saturated rings. The van der Waals surface area contributed by atoms with Crippen molar-refractivity contribution in [2.75, 3.05) is 25.0 Å². The summed E-state index contributed by atoms with van der Waals surface area (Å²) in [6.45, 7) is 8.38. The number of benzene rings is 1. The Bertz CT molecular complexity index is 777. The Morgan fingerprint density at radius 2 is 1.89 bits per heavy atom. The molecule has 1 aliphatic rings. The van der Waals surface area contributed by atoms with Gasteiger partial charge in [-0.1, -0.05) is 32.9 Å². The molecule has 2 aromatic rings. The molecule has 0 atom stereocenters. The molecule has 0 aliphatic carbocycles. The number of hydrogen-bond acceptors (Lipinski definition) is 5. The molecule has 1 saturated heterocycles. The van der Waals surface area contributed by atoms with Crippen molar-refractivity contribution in [1.29, 1.82) is 0 Å². The van der Waals surface area contributed by atoms with Gasteiger partial charge in [-0.25, -0.2) is 4.68 Å². The third-order valence-corrected chi connectivity index (χ3v) is 4.83. The molecule has 0 radical (unpaired) electrons. The lowest BCUT2D eigenvalue weighted by molar-refractivity contribution is -0.118. The smallest absolute Gasteiger partial charge is 0.264 e. The predicted octanol–water partition coefficient (Wildman–Crippen LogP) is 3.02. The lowest BCUT2D eigenvalue weighted by Crippen LogP contribution is -2.27. The number of hydrogen-bond donors (Lipinski definition) is 2. The highest BCUT2D eigenvalue weighted by Crippen LogP contribution is 2.25. The first kappa shape index (κ1) is 22.2. The highest BCUT2D eigenvalue weighted by molar-refractivity contribution is 5.90. The number of piperidine rings is 1. The van der Waals surface area contributed by atoms with Crippen molar-refractivity contribution >= 4 is 24.3 Å². The summed E-state index contributed by atoms with van der Waals surface area (Å²) in [5.41, 5.74) is 1.32. The molecule has 0 saturated carbocycles. The van der Waals surface area contributed by atoms with Crippen LogP contribution in [0.1, 0.15) is 50.9 Å². The Kier molecular flexibility index (Phi) is 7.43. The topological polar surface area (TPSA) is 81.1 Å². The van der Waals surface area contributed by atoms with Crippen LogP contribution in [0, 0.1) is 0 Å². The molecule has 2 heterocycles. The molecule has 1 aromatic carbocycles. The van der Waals surface area contributed by atoms with Gasteiger partial charge in [-0.3, -0.25) is 10.1 Å². The number of carbonyl (C=O) groups is 1. The maximum atomic E-state index is 12.2. The van der Waals surface area contributed by atoms with E-state index in [0.717, 1.165) is 31.8 Å². The first-order valence-electron chi connectivity index (χ1n) is 9.48. The quantitative estimate of drug-likeness (QED) is 0.796. The average Bonchev–Trinajstić information content (AvgIpc) is 3.01. The Morgan fingerprint density at radius 1 is 1.25 bits per heavy atom. The molecule has 1 aromatic heterocycles. The molecular weight excluding hydrogens is 378 g/mol. The van der Waals surface area contributed by atoms with E-state index >= 15 is 0 Å². The van der Waals surface area contributed by atoms with Crippen LogP contribution in [-0.2, 0) is 17.3 Å². The molecule has 154 valence electrons. The minimum absolute atomic E-state index is 0. The Labute approximate surface area is 172 Å². The number of aromatic nitrogens is 3. The zero-order valence-corrected chi connectivity index (χ0v) is 17.8. The Hall–Kier alpha value is -2.12. The monoisotopic (exact) mass is 407 g/mol. The van der Waals surface area contributed by atoms with Crippen LogP contribution in [0.5, 0.6) is 5.75 Å². The molecule has 7 nitrogen and oxygen atoms in total. The van der Waals surface area contributed by atoms with E-state index in [2.05, 4.69) is 41.5 Å². The molecule has 8 heteroatoms. The van der Waals surface area contributed by atoms with Crippen LogP contribution < -0.4 is 15.4 Å². The number of aryl methyl sites for hydroxylation is 1. The van der Waals surface area contributed by atoms with Gasteiger partial charge in [-0.05, 0) is 49.0 Å². The summed E-state index contributed by atoms with van der Waals surface area (Å²) < 4.78 is 7.21. The van der Waals surface area contributed by atoms with Gasteiger partial charge in [0.15, 0.2) is 12.4 Å². The minimum Gasteiger partial charge on any atom is -0.484 e. The van der Waals surface area contributed by atoms with Crippen molar-refractivity contribution < 1.29 is 9.53 Å². The van der Waals surface area contributed by atoms with Crippen LogP contribution in [0.2, 0.25) is 0 Å². The second-order valence-corrected chi connectivity index (χ2v) is 8.05. The normalized spacial score (nSPS) is 15.0. The average molecular weight is 408 g/mol. The van der Waals surface area contributed by atoms with Crippen molar-refractivity contribution in [2.45, 2.75) is 44.9 Å². The van der Waals surface area contributed by atoms with Gasteiger partial charge < -0.3 is 10.1 Å². The van der Waals surface area contributed by atoms with Gasteiger partial charge in [0, 0.05) is 13.0 Å². The molecule has 1 aliphatic heterocycles. The standard InChI is InChI=1S/C20H29N5O2.ClH/c1-20(2,3)15-5-7-16(8-6-15)27-13-17(26)22-19-23-18(24-25(19)4)14-9-11-21-12-10-14;/h5-8,14,21H,9-13H2,1-4H3,(H,22,23,24,26);1H. The largest absolute Gasteiger partial charge is 0.484 e. The van der Waals surface area contributed by atoms with Gasteiger partial charge >= 0.3 is 0 Å². The Balaban J connectivity index is 0.00000280. The van der Waals surface area contributed by atoms with Crippen LogP contribution in [0.4, 0.5) is 5.95 Å². The van der Waals surface area contributed by atoms with Crippen LogP contribution in [-0.4, -0.2) is 40.4 Å². The number of carbonyl (C=O) groups excluding carboxylic acids is 1. The number of nitrogens with one attached hydrogen (secondary N) is 2. The lowest BCUT2D eigenvalue weighted by atomic mass is 9.87. The summed E-state index contributed by atoms with van der Waals surface area (Å²) >= 11 is 0. The summed E-state index contributed by atoms with van der Waals surface area (Å²) in [6, 6.07) is 7.85. The SMILES string of the molecule is Cl.Cn1nc(C2CCNCC2)nc1NC(=O)COc1ccc(C(C)(C)C)cc1. The molecule has 28 heavy (non-hydrogen) atoms. The molecule has 0 spiro atoms. The first-order valence-corrected chi connectivity index (χ1v) is 9.48. The number of amides is 1. The molecule has 0 bridgehead atoms. The van der Waals surface area contributed by atoms with Gasteiger partial charge in [0.25, 0.3) is 5.91 Å². The third kappa shape index (κ3) is 5.69. The van der Waals surface area contributed by atoms with Crippen LogP contribution in [0.15, 0.2) is 24.3 Å². The summed E-state index contributed by atoms with van der Waals surface area (Å²) in [5, 5.41) is 10.6. The van der Waals surface area contributed by atoms with Gasteiger partial charge in [0.2, 0.25) is 5.95 Å². The number of ether oxygens (including phenoxy) is 1. The van der Waals surface area contributed by atoms with Crippen molar-refractivity contribution in [2.24, 2.45) is 7.05 Å². The van der Waals surface area contributed by atoms with Crippen molar-refractivity contribution in [3.05, 3.63) is 35.7 Å². The fourth-order valence-corrected chi connectivity index (χ4v) is 3.13. The van der Waals surface area contributed by atoms with Crippen LogP contribution >= 0.6 is 12.4 Å². The summed E-state index contributed by atoms with van der Waals surface area (Å²) in [6.07, 6.45) is 2.04. The number of anilines is 1. The van der Waals surface area contributed by atoms with E-state index in [1.54, 1.807) is 11.7 Å². The van der Waals surface area contributed by atoms with Crippen LogP contribution in [0.3, 0.4) is 0 Å². The van der Waals surface area contributed by atoms with E-state index in [1.165, 1.54) is 5.56 Å². The lowest BCUT2D eigenvalue weighted by Gasteiger charge is -2.19. The van der Waals surface area contributed by atoms with Crippen LogP contribution in [0.25, 0.3) is 0 Å². The molecule has 1 amide bonds. The third-order valence-electron chi connectivity index (χ3n) is 4.83. The van der Waals surface area contributed by atoms with E-state index in [0.29, 0.717) is 17.6 Å². The zero-order valence-electron chi connectivity index (χ0n) is 17.0. The van der Waals surface area contributed by atoms with Gasteiger partial charge in [-0.2, -0.15) is 10.1 Å². The van der Waals surface area contributed by atoms with Gasteiger partial charge in [0.1, 0.15) is 5.75 Å². The van der Waals surface area contributed by atoms with Gasteiger partial charge in [0.05, 0.1) is 0 Å². The second-order valence-electron chi connectivity index (χ2n) is 8.05. The number of halogens is 1. The molecule has 0 unspecified atom stereocenters. The molecule has 2 N–H and O–H groups in total. The number of nitrogens with zero attached hydrogens (tertiary/aromatic N) is 3. The van der Waals surface area contributed by atoms with Crippen molar-refractivity contribution in [3.63, 3.8) is 0 Å². The summed E-state index contributed by atoms with van der Waals surface area (Å²) in [7, 11) is 1.79. The fraction of sp³-hybridized carbons (Fsp3) is 0.550. The molecule has 3 rings (SSSR count). The van der Waals surface area contributed by atoms with E-state index < -0.39 is 0 Å². The minimum atomic E-state index is -0.248. The van der Waals surface area contributed by atoms with E-state index in [9.17, 15) is 4.79 Å². The highest BCUT2D eigenvalue weighted by Gasteiger charge is 2.21. The zero-order chi connectivity index (χ0) is 19.4. The van der Waals surface area contributed by atoms with Crippen molar-refractivity contribution in [1.82, 2.24) is 20.1 Å². The summed E-state index contributed by atoms with van der Waals surface area (Å²) in [4.78, 5) is 16.7. The highest BCUT2D eigenvalue weighted by atomic mass is 35.5. The maximum absolute atomic E-state index is 12.2. The van der Waals surface area contributed by atoms with E-state index in [4.69, 9.17) is 4.74 Å². The maximum Gasteiger partial charge on any atom is 0.264 e. The van der Waals surface area contributed by atoms with E-state index in [1.807, 2.05) is 24.3 Å². The first-order chi connectivity index (χ1) is 12.8. The van der Waals surface area contributed by atoms with Gasteiger partial charge in [-0.15, -0.1) is 12.4 Å². The number of rotatable bonds is 5. The predicted molar refractivity (Wildman–Crippen MR) is 112 cm³/mol. The second kappa shape index (κ2) is 9.39. The van der Waals surface area contributed by atoms with E-state index in [-0.39, 0.29) is 30.3 Å². The molecular formula is C20H30ClN5O2. The fourth-order valence-electron chi connectivity index (χ4n) is 3.13. The Morgan fingerprint density at radius 3 is 2.50 bits per heavy atom. The van der Waals surface area contributed by atoms with Crippen molar-refractivity contribution in [3.8, 4) is 5.75 Å². The summed E-state index contributed by atoms with van der Waals surface area (Å²) in [5.74, 6) is 2.03.